The Morgan fingerprint density at radius 2 is 1.74 bits per heavy atom. The van der Waals surface area contributed by atoms with Crippen molar-refractivity contribution in [2.75, 3.05) is 31.1 Å². The number of unbranched alkanes of at least 4 members (excludes halogenated alkanes) is 1. The third kappa shape index (κ3) is 4.78. The minimum absolute atomic E-state index is 0.351. The molecule has 0 radical (unpaired) electrons. The van der Waals surface area contributed by atoms with Gasteiger partial charge in [0.25, 0.3) is 5.78 Å². The number of rotatable bonds is 7. The second-order valence-corrected chi connectivity index (χ2v) is 10.9. The number of aromatic nitrogens is 4. The highest BCUT2D eigenvalue weighted by Crippen LogP contribution is 2.24. The van der Waals surface area contributed by atoms with Crippen molar-refractivity contribution in [2.45, 2.75) is 38.0 Å². The van der Waals surface area contributed by atoms with Crippen LogP contribution in [0.4, 0.5) is 5.95 Å². The zero-order valence-electron chi connectivity index (χ0n) is 20.1. The molecule has 0 N–H and O–H groups in total. The van der Waals surface area contributed by atoms with Crippen LogP contribution in [0.2, 0.25) is 0 Å². The molecule has 1 aliphatic heterocycles. The maximum absolute atomic E-state index is 13.2. The number of nitrogens with zero attached hydrogens (tertiary/aromatic N) is 6. The van der Waals surface area contributed by atoms with Crippen LogP contribution in [0.1, 0.15) is 30.9 Å². The highest BCUT2D eigenvalue weighted by Gasteiger charge is 2.30. The molecule has 1 fully saturated rings. The van der Waals surface area contributed by atoms with Gasteiger partial charge in [-0.2, -0.15) is 13.8 Å². The number of fused-ring (bicyclic) bond motifs is 1. The average molecular weight is 491 g/mol. The van der Waals surface area contributed by atoms with Crippen LogP contribution in [0.5, 0.6) is 0 Å². The van der Waals surface area contributed by atoms with Crippen molar-refractivity contribution in [1.29, 1.82) is 0 Å². The van der Waals surface area contributed by atoms with Gasteiger partial charge in [-0.25, -0.2) is 13.4 Å². The van der Waals surface area contributed by atoms with Crippen molar-refractivity contribution in [3.05, 3.63) is 71.9 Å². The average Bonchev–Trinajstić information content (AvgIpc) is 3.32. The van der Waals surface area contributed by atoms with Crippen LogP contribution in [0.25, 0.3) is 17.0 Å². The summed E-state index contributed by atoms with van der Waals surface area (Å²) in [4.78, 5) is 11.4. The molecule has 9 heteroatoms. The number of benzene rings is 2. The first-order valence-corrected chi connectivity index (χ1v) is 13.5. The molecule has 0 aliphatic carbocycles. The molecule has 35 heavy (non-hydrogen) atoms. The second-order valence-electron chi connectivity index (χ2n) is 8.96. The third-order valence-corrected chi connectivity index (χ3v) is 8.36. The smallest absolute Gasteiger partial charge is 0.254 e. The highest BCUT2D eigenvalue weighted by molar-refractivity contribution is 7.89. The first-order chi connectivity index (χ1) is 17.0. The summed E-state index contributed by atoms with van der Waals surface area (Å²) in [6, 6.07) is 17.5. The van der Waals surface area contributed by atoms with Gasteiger partial charge >= 0.3 is 0 Å². The van der Waals surface area contributed by atoms with E-state index in [1.807, 2.05) is 35.2 Å². The first-order valence-electron chi connectivity index (χ1n) is 12.1. The van der Waals surface area contributed by atoms with Gasteiger partial charge in [-0.1, -0.05) is 49.2 Å². The van der Waals surface area contributed by atoms with Crippen LogP contribution in [-0.4, -0.2) is 58.5 Å². The molecule has 2 aromatic carbocycles. The Kier molecular flexibility index (Phi) is 6.53. The number of sulfonamides is 1. The Balaban J connectivity index is 1.31. The lowest BCUT2D eigenvalue weighted by Gasteiger charge is -2.33. The fourth-order valence-corrected chi connectivity index (χ4v) is 5.85. The number of hydrogen-bond acceptors (Lipinski definition) is 6. The SMILES string of the molecule is CCCCc1ccc(S(=O)(=O)N2CCN(c3nc4nccc(-c5cccc(C)c5)n4n3)CC2)cc1. The Morgan fingerprint density at radius 3 is 2.46 bits per heavy atom. The van der Waals surface area contributed by atoms with E-state index in [2.05, 4.69) is 35.9 Å². The minimum atomic E-state index is -3.53. The molecule has 0 unspecified atom stereocenters. The summed E-state index contributed by atoms with van der Waals surface area (Å²) in [5, 5.41) is 4.72. The van der Waals surface area contributed by atoms with E-state index >= 15 is 0 Å². The Labute approximate surface area is 206 Å². The molecular weight excluding hydrogens is 460 g/mol. The second kappa shape index (κ2) is 9.75. The molecule has 0 bridgehead atoms. The summed E-state index contributed by atoms with van der Waals surface area (Å²) in [7, 11) is -3.53. The van der Waals surface area contributed by atoms with E-state index in [1.165, 1.54) is 11.1 Å². The fraction of sp³-hybridized carbons (Fsp3) is 0.346. The molecule has 0 spiro atoms. The van der Waals surface area contributed by atoms with Crippen molar-refractivity contribution in [2.24, 2.45) is 0 Å². The molecule has 1 saturated heterocycles. The zero-order valence-corrected chi connectivity index (χ0v) is 20.9. The van der Waals surface area contributed by atoms with E-state index in [-0.39, 0.29) is 0 Å². The van der Waals surface area contributed by atoms with Crippen LogP contribution in [0.3, 0.4) is 0 Å². The maximum Gasteiger partial charge on any atom is 0.254 e. The van der Waals surface area contributed by atoms with Crippen LogP contribution < -0.4 is 4.90 Å². The largest absolute Gasteiger partial charge is 0.337 e. The molecule has 0 amide bonds. The van der Waals surface area contributed by atoms with E-state index < -0.39 is 10.0 Å². The molecule has 3 heterocycles. The van der Waals surface area contributed by atoms with Gasteiger partial charge in [0.15, 0.2) is 0 Å². The van der Waals surface area contributed by atoms with Gasteiger partial charge in [0.05, 0.1) is 10.6 Å². The van der Waals surface area contributed by atoms with E-state index in [0.717, 1.165) is 30.5 Å². The predicted molar refractivity (Wildman–Crippen MR) is 137 cm³/mol. The van der Waals surface area contributed by atoms with Gasteiger partial charge in [0.2, 0.25) is 16.0 Å². The van der Waals surface area contributed by atoms with Gasteiger partial charge in [0, 0.05) is 37.9 Å². The molecule has 8 nitrogen and oxygen atoms in total. The third-order valence-electron chi connectivity index (χ3n) is 6.44. The monoisotopic (exact) mass is 490 g/mol. The predicted octanol–water partition coefficient (Wildman–Crippen LogP) is 3.95. The summed E-state index contributed by atoms with van der Waals surface area (Å²) in [6.07, 6.45) is 4.94. The summed E-state index contributed by atoms with van der Waals surface area (Å²) in [5.41, 5.74) is 4.31. The molecule has 1 aliphatic rings. The molecule has 2 aromatic heterocycles. The van der Waals surface area contributed by atoms with Crippen LogP contribution in [-0.2, 0) is 16.4 Å². The molecule has 0 saturated carbocycles. The number of aryl methyl sites for hydroxylation is 2. The van der Waals surface area contributed by atoms with Gasteiger partial charge < -0.3 is 4.90 Å². The maximum atomic E-state index is 13.2. The Hall–Kier alpha value is -3.30. The summed E-state index contributed by atoms with van der Waals surface area (Å²) < 4.78 is 29.7. The molecule has 4 aromatic rings. The van der Waals surface area contributed by atoms with E-state index in [0.29, 0.717) is 42.8 Å². The number of hydrogen-bond donors (Lipinski definition) is 0. The van der Waals surface area contributed by atoms with E-state index in [4.69, 9.17) is 5.10 Å². The number of anilines is 1. The molecule has 182 valence electrons. The normalized spacial score (nSPS) is 15.1. The summed E-state index contributed by atoms with van der Waals surface area (Å²) in [5.74, 6) is 1.09. The minimum Gasteiger partial charge on any atom is -0.337 e. The van der Waals surface area contributed by atoms with Crippen molar-refractivity contribution in [3.63, 3.8) is 0 Å². The quantitative estimate of drug-likeness (QED) is 0.390. The first kappa shape index (κ1) is 23.4. The summed E-state index contributed by atoms with van der Waals surface area (Å²) in [6.45, 7) is 6.01. The molecular formula is C26H30N6O2S. The van der Waals surface area contributed by atoms with Crippen LogP contribution in [0, 0.1) is 6.92 Å². The van der Waals surface area contributed by atoms with Gasteiger partial charge in [-0.3, -0.25) is 0 Å². The van der Waals surface area contributed by atoms with Crippen molar-refractivity contribution >= 4 is 21.7 Å². The zero-order chi connectivity index (χ0) is 24.4. The Bertz CT molecular complexity index is 1420. The fourth-order valence-electron chi connectivity index (χ4n) is 4.43. The van der Waals surface area contributed by atoms with Crippen molar-refractivity contribution in [3.8, 4) is 11.3 Å². The van der Waals surface area contributed by atoms with E-state index in [1.54, 1.807) is 27.2 Å². The lowest BCUT2D eigenvalue weighted by atomic mass is 10.1. The van der Waals surface area contributed by atoms with Crippen LogP contribution in [0.15, 0.2) is 65.7 Å². The van der Waals surface area contributed by atoms with Crippen molar-refractivity contribution in [1.82, 2.24) is 23.9 Å². The molecule has 5 rings (SSSR count). The van der Waals surface area contributed by atoms with Gasteiger partial charge in [-0.15, -0.1) is 5.10 Å². The van der Waals surface area contributed by atoms with Crippen molar-refractivity contribution < 1.29 is 8.42 Å². The van der Waals surface area contributed by atoms with Gasteiger partial charge in [-0.05, 0) is 49.6 Å². The highest BCUT2D eigenvalue weighted by atomic mass is 32.2. The summed E-state index contributed by atoms with van der Waals surface area (Å²) >= 11 is 0. The van der Waals surface area contributed by atoms with Crippen LogP contribution >= 0.6 is 0 Å². The van der Waals surface area contributed by atoms with E-state index in [9.17, 15) is 8.42 Å². The Morgan fingerprint density at radius 1 is 0.971 bits per heavy atom. The lowest BCUT2D eigenvalue weighted by Crippen LogP contribution is -2.49. The van der Waals surface area contributed by atoms with Gasteiger partial charge in [0.1, 0.15) is 0 Å². The lowest BCUT2D eigenvalue weighted by molar-refractivity contribution is 0.382. The topological polar surface area (TPSA) is 83.7 Å². The molecule has 0 atom stereocenters. The standard InChI is InChI=1S/C26H30N6O2S/c1-3-4-7-21-9-11-23(12-10-21)35(33,34)31-17-15-30(16-18-31)26-28-25-27-14-13-24(32(25)29-26)22-8-5-6-20(2)19-22/h5-6,8-14,19H,3-4,7,15-18H2,1-2H3. The number of piperazine rings is 1.